The second-order valence-electron chi connectivity index (χ2n) is 8.20. The highest BCUT2D eigenvalue weighted by Crippen LogP contribution is 2.22. The molecule has 4 aromatic carbocycles. The second kappa shape index (κ2) is 10.6. The van der Waals surface area contributed by atoms with Crippen molar-refractivity contribution in [1.82, 2.24) is 0 Å². The van der Waals surface area contributed by atoms with Crippen LogP contribution in [-0.2, 0) is 0 Å². The molecule has 0 aliphatic rings. The lowest BCUT2D eigenvalue weighted by Gasteiger charge is -2.22. The maximum atomic E-state index is 12.3. The van der Waals surface area contributed by atoms with Crippen LogP contribution in [0.3, 0.4) is 0 Å². The Hall–Kier alpha value is -4.58. The van der Waals surface area contributed by atoms with Crippen molar-refractivity contribution in [2.24, 2.45) is 0 Å². The molecule has 176 valence electrons. The number of rotatable bonds is 7. The zero-order chi connectivity index (χ0) is 24.8. The number of hydrogen-bond acceptors (Lipinski definition) is 6. The molecular formula is C29H26N2O4. The average molecular weight is 467 g/mol. The molecule has 0 amide bonds. The van der Waals surface area contributed by atoms with Crippen LogP contribution < -0.4 is 19.9 Å². The Morgan fingerprint density at radius 2 is 1.00 bits per heavy atom. The van der Waals surface area contributed by atoms with E-state index in [2.05, 4.69) is 5.43 Å². The van der Waals surface area contributed by atoms with Crippen LogP contribution in [0.1, 0.15) is 31.8 Å². The molecule has 0 bridgehead atoms. The minimum absolute atomic E-state index is 0.396. The molecule has 0 atom stereocenters. The Kier molecular flexibility index (Phi) is 7.12. The lowest BCUT2D eigenvalue weighted by molar-refractivity contribution is 0.0725. The average Bonchev–Trinajstić information content (AvgIpc) is 2.86. The smallest absolute Gasteiger partial charge is 0.343 e. The molecule has 0 unspecified atom stereocenters. The van der Waals surface area contributed by atoms with E-state index < -0.39 is 11.9 Å². The number of esters is 2. The Morgan fingerprint density at radius 1 is 0.600 bits per heavy atom. The van der Waals surface area contributed by atoms with E-state index in [9.17, 15) is 9.59 Å². The van der Waals surface area contributed by atoms with Gasteiger partial charge in [-0.3, -0.25) is 10.4 Å². The van der Waals surface area contributed by atoms with Gasteiger partial charge in [0, 0.05) is 7.05 Å². The third-order valence-electron chi connectivity index (χ3n) is 5.37. The van der Waals surface area contributed by atoms with Gasteiger partial charge in [0.05, 0.1) is 22.5 Å². The molecule has 4 aromatic rings. The standard InChI is InChI=1S/C29H26N2O4/c1-20-4-8-22(9-5-20)28(32)34-26-16-12-24(13-17-26)30-31(3)25-14-18-27(19-15-25)35-29(33)23-10-6-21(2)7-11-23/h4-19,30H,1-3H3. The zero-order valence-corrected chi connectivity index (χ0v) is 19.8. The van der Waals surface area contributed by atoms with Crippen LogP contribution in [0.25, 0.3) is 0 Å². The van der Waals surface area contributed by atoms with Gasteiger partial charge >= 0.3 is 11.9 Å². The van der Waals surface area contributed by atoms with Crippen LogP contribution in [-0.4, -0.2) is 19.0 Å². The lowest BCUT2D eigenvalue weighted by atomic mass is 10.1. The highest BCUT2D eigenvalue weighted by Gasteiger charge is 2.10. The molecule has 0 saturated carbocycles. The third kappa shape index (κ3) is 6.26. The summed E-state index contributed by atoms with van der Waals surface area (Å²) < 4.78 is 10.9. The van der Waals surface area contributed by atoms with E-state index in [1.54, 1.807) is 48.5 Å². The van der Waals surface area contributed by atoms with Gasteiger partial charge < -0.3 is 9.47 Å². The predicted molar refractivity (Wildman–Crippen MR) is 137 cm³/mol. The van der Waals surface area contributed by atoms with Crippen molar-refractivity contribution < 1.29 is 19.1 Å². The Balaban J connectivity index is 1.32. The van der Waals surface area contributed by atoms with Crippen molar-refractivity contribution in [3.05, 3.63) is 119 Å². The summed E-state index contributed by atoms with van der Waals surface area (Å²) in [6, 6.07) is 28.8. The van der Waals surface area contributed by atoms with Gasteiger partial charge in [0.2, 0.25) is 0 Å². The molecule has 0 fully saturated rings. The molecule has 6 nitrogen and oxygen atoms in total. The summed E-state index contributed by atoms with van der Waals surface area (Å²) in [6.07, 6.45) is 0. The number of carbonyl (C=O) groups excluding carboxylic acids is 2. The summed E-state index contributed by atoms with van der Waals surface area (Å²) in [4.78, 5) is 24.6. The first-order valence-corrected chi connectivity index (χ1v) is 11.2. The van der Waals surface area contributed by atoms with Crippen molar-refractivity contribution in [2.75, 3.05) is 17.5 Å². The molecule has 0 radical (unpaired) electrons. The maximum absolute atomic E-state index is 12.3. The van der Waals surface area contributed by atoms with E-state index in [4.69, 9.17) is 9.47 Å². The summed E-state index contributed by atoms with van der Waals surface area (Å²) >= 11 is 0. The normalized spacial score (nSPS) is 10.4. The minimum atomic E-state index is -0.397. The minimum Gasteiger partial charge on any atom is -0.423 e. The fourth-order valence-electron chi connectivity index (χ4n) is 3.30. The Morgan fingerprint density at radius 3 is 1.43 bits per heavy atom. The highest BCUT2D eigenvalue weighted by atomic mass is 16.5. The van der Waals surface area contributed by atoms with Gasteiger partial charge in [-0.15, -0.1) is 0 Å². The molecule has 35 heavy (non-hydrogen) atoms. The summed E-state index contributed by atoms with van der Waals surface area (Å²) in [5.41, 5.74) is 8.12. The van der Waals surface area contributed by atoms with E-state index in [1.807, 2.05) is 74.4 Å². The number of aryl methyl sites for hydroxylation is 2. The topological polar surface area (TPSA) is 67.9 Å². The first-order chi connectivity index (χ1) is 16.9. The first kappa shape index (κ1) is 23.6. The van der Waals surface area contributed by atoms with Crippen LogP contribution in [0.15, 0.2) is 97.1 Å². The maximum Gasteiger partial charge on any atom is 0.343 e. The number of benzene rings is 4. The van der Waals surface area contributed by atoms with Crippen LogP contribution in [0.5, 0.6) is 11.5 Å². The highest BCUT2D eigenvalue weighted by molar-refractivity contribution is 5.91. The SMILES string of the molecule is Cc1ccc(C(=O)Oc2ccc(NN(C)c3ccc(OC(=O)c4ccc(C)cc4)cc3)cc2)cc1. The van der Waals surface area contributed by atoms with Crippen LogP contribution in [0.2, 0.25) is 0 Å². The van der Waals surface area contributed by atoms with Crippen LogP contribution in [0, 0.1) is 13.8 Å². The van der Waals surface area contributed by atoms with Crippen molar-refractivity contribution in [3.63, 3.8) is 0 Å². The fraction of sp³-hybridized carbons (Fsp3) is 0.103. The van der Waals surface area contributed by atoms with Gasteiger partial charge in [-0.2, -0.15) is 0 Å². The number of nitrogens with one attached hydrogen (secondary N) is 1. The van der Waals surface area contributed by atoms with E-state index in [-0.39, 0.29) is 0 Å². The molecule has 0 spiro atoms. The zero-order valence-electron chi connectivity index (χ0n) is 19.8. The van der Waals surface area contributed by atoms with Crippen LogP contribution in [0.4, 0.5) is 11.4 Å². The van der Waals surface area contributed by atoms with Gasteiger partial charge in [0.1, 0.15) is 11.5 Å². The molecule has 6 heteroatoms. The van der Waals surface area contributed by atoms with Gasteiger partial charge in [-0.05, 0) is 86.6 Å². The van der Waals surface area contributed by atoms with E-state index in [0.29, 0.717) is 22.6 Å². The number of anilines is 2. The quantitative estimate of drug-likeness (QED) is 0.199. The monoisotopic (exact) mass is 466 g/mol. The third-order valence-corrected chi connectivity index (χ3v) is 5.37. The Bertz CT molecular complexity index is 1300. The molecule has 0 aliphatic carbocycles. The molecule has 4 rings (SSSR count). The summed E-state index contributed by atoms with van der Waals surface area (Å²) in [5.74, 6) is 0.134. The molecule has 0 saturated heterocycles. The largest absolute Gasteiger partial charge is 0.423 e. The Labute approximate surface area is 204 Å². The number of ether oxygens (including phenoxy) is 2. The first-order valence-electron chi connectivity index (χ1n) is 11.2. The molecular weight excluding hydrogens is 440 g/mol. The second-order valence-corrected chi connectivity index (χ2v) is 8.20. The number of carbonyl (C=O) groups is 2. The van der Waals surface area contributed by atoms with Gasteiger partial charge in [0.25, 0.3) is 0 Å². The van der Waals surface area contributed by atoms with Crippen LogP contribution >= 0.6 is 0 Å². The fourth-order valence-corrected chi connectivity index (χ4v) is 3.30. The molecule has 0 aromatic heterocycles. The summed E-state index contributed by atoms with van der Waals surface area (Å²) in [7, 11) is 1.87. The van der Waals surface area contributed by atoms with Crippen molar-refractivity contribution >= 4 is 23.3 Å². The molecule has 1 N–H and O–H groups in total. The number of hydrogen-bond donors (Lipinski definition) is 1. The summed E-state index contributed by atoms with van der Waals surface area (Å²) in [5, 5.41) is 1.83. The van der Waals surface area contributed by atoms with Crippen molar-refractivity contribution in [2.45, 2.75) is 13.8 Å². The predicted octanol–water partition coefficient (Wildman–Crippen LogP) is 6.21. The van der Waals surface area contributed by atoms with E-state index in [1.165, 1.54) is 0 Å². The van der Waals surface area contributed by atoms with Gasteiger partial charge in [-0.1, -0.05) is 35.4 Å². The van der Waals surface area contributed by atoms with E-state index >= 15 is 0 Å². The van der Waals surface area contributed by atoms with Gasteiger partial charge in [-0.25, -0.2) is 9.59 Å². The molecule has 0 heterocycles. The van der Waals surface area contributed by atoms with E-state index in [0.717, 1.165) is 22.5 Å². The van der Waals surface area contributed by atoms with Crippen molar-refractivity contribution in [3.8, 4) is 11.5 Å². The van der Waals surface area contributed by atoms with Gasteiger partial charge in [0.15, 0.2) is 0 Å². The van der Waals surface area contributed by atoms with Crippen molar-refractivity contribution in [1.29, 1.82) is 0 Å². The lowest BCUT2D eigenvalue weighted by Crippen LogP contribution is -2.24. The number of nitrogens with zero attached hydrogens (tertiary/aromatic N) is 1. The molecule has 0 aliphatic heterocycles. The summed E-state index contributed by atoms with van der Waals surface area (Å²) in [6.45, 7) is 3.93. The number of hydrazine groups is 1.